The summed E-state index contributed by atoms with van der Waals surface area (Å²) in [4.78, 5) is 17.8. The topological polar surface area (TPSA) is 69.7 Å². The summed E-state index contributed by atoms with van der Waals surface area (Å²) in [6, 6.07) is 15.1. The van der Waals surface area contributed by atoms with E-state index in [1.165, 1.54) is 11.3 Å². The third-order valence-corrected chi connectivity index (χ3v) is 5.60. The highest BCUT2D eigenvalue weighted by Gasteiger charge is 2.22. The van der Waals surface area contributed by atoms with E-state index in [-0.39, 0.29) is 12.0 Å². The molecule has 1 atom stereocenters. The van der Waals surface area contributed by atoms with E-state index in [1.54, 1.807) is 7.11 Å². The van der Waals surface area contributed by atoms with Crippen molar-refractivity contribution >= 4 is 17.2 Å². The summed E-state index contributed by atoms with van der Waals surface area (Å²) in [7, 11) is 1.63. The second-order valence-electron chi connectivity index (χ2n) is 6.37. The molecule has 0 unspecified atom stereocenters. The molecule has 0 saturated carbocycles. The normalized spacial score (nSPS) is 15.1. The fourth-order valence-corrected chi connectivity index (χ4v) is 3.90. The van der Waals surface area contributed by atoms with Gasteiger partial charge in [0.15, 0.2) is 11.5 Å². The summed E-state index contributed by atoms with van der Waals surface area (Å²) >= 11 is 1.37. The van der Waals surface area contributed by atoms with E-state index < -0.39 is 0 Å². The SMILES string of the molecule is COc1ccc(-c2nc(C)c(C(=O)NC[C@@H]3COc4ccccc4O3)s2)cc1. The van der Waals surface area contributed by atoms with Gasteiger partial charge in [-0.3, -0.25) is 4.79 Å². The fraction of sp³-hybridized carbons (Fsp3) is 0.238. The van der Waals surface area contributed by atoms with Gasteiger partial charge in [0.1, 0.15) is 28.3 Å². The molecule has 1 N–H and O–H groups in total. The molecule has 1 aliphatic heterocycles. The van der Waals surface area contributed by atoms with Gasteiger partial charge in [-0.1, -0.05) is 12.1 Å². The van der Waals surface area contributed by atoms with Crippen LogP contribution in [0.5, 0.6) is 17.2 Å². The van der Waals surface area contributed by atoms with Crippen LogP contribution in [-0.2, 0) is 0 Å². The zero-order valence-corrected chi connectivity index (χ0v) is 16.4. The van der Waals surface area contributed by atoms with E-state index in [2.05, 4.69) is 10.3 Å². The van der Waals surface area contributed by atoms with E-state index in [4.69, 9.17) is 14.2 Å². The third kappa shape index (κ3) is 3.80. The van der Waals surface area contributed by atoms with Gasteiger partial charge in [0.2, 0.25) is 0 Å². The van der Waals surface area contributed by atoms with E-state index in [0.717, 1.165) is 22.1 Å². The molecule has 0 saturated heterocycles. The number of rotatable bonds is 5. The molecule has 0 fully saturated rings. The summed E-state index contributed by atoms with van der Waals surface area (Å²) in [5, 5.41) is 3.73. The average molecular weight is 396 g/mol. The van der Waals surface area contributed by atoms with Crippen LogP contribution in [0.4, 0.5) is 0 Å². The Morgan fingerprint density at radius 3 is 2.71 bits per heavy atom. The Bertz CT molecular complexity index is 984. The molecular formula is C21H20N2O4S. The van der Waals surface area contributed by atoms with Crippen LogP contribution in [0.1, 0.15) is 15.4 Å². The minimum absolute atomic E-state index is 0.155. The van der Waals surface area contributed by atoms with E-state index in [0.29, 0.717) is 29.5 Å². The predicted octanol–water partition coefficient (Wildman–Crippen LogP) is 3.70. The maximum absolute atomic E-state index is 12.6. The second-order valence-corrected chi connectivity index (χ2v) is 7.37. The van der Waals surface area contributed by atoms with Crippen molar-refractivity contribution in [2.45, 2.75) is 13.0 Å². The summed E-state index contributed by atoms with van der Waals surface area (Å²) in [5.41, 5.74) is 1.66. The molecule has 28 heavy (non-hydrogen) atoms. The van der Waals surface area contributed by atoms with E-state index in [9.17, 15) is 4.79 Å². The highest BCUT2D eigenvalue weighted by molar-refractivity contribution is 7.17. The number of benzene rings is 2. The van der Waals surface area contributed by atoms with Crippen molar-refractivity contribution in [2.24, 2.45) is 0 Å². The van der Waals surface area contributed by atoms with Crippen LogP contribution in [0, 0.1) is 6.92 Å². The number of methoxy groups -OCH3 is 1. The van der Waals surface area contributed by atoms with Crippen LogP contribution < -0.4 is 19.5 Å². The summed E-state index contributed by atoms with van der Waals surface area (Å²) in [5.74, 6) is 2.06. The first-order valence-electron chi connectivity index (χ1n) is 8.92. The van der Waals surface area contributed by atoms with Gasteiger partial charge in [-0.25, -0.2) is 4.98 Å². The number of hydrogen-bond donors (Lipinski definition) is 1. The number of aryl methyl sites for hydroxylation is 1. The number of carbonyl (C=O) groups excluding carboxylic acids is 1. The number of nitrogens with one attached hydrogen (secondary N) is 1. The highest BCUT2D eigenvalue weighted by Crippen LogP contribution is 2.31. The monoisotopic (exact) mass is 396 g/mol. The molecule has 4 rings (SSSR count). The Morgan fingerprint density at radius 1 is 1.21 bits per heavy atom. The van der Waals surface area contributed by atoms with Crippen LogP contribution in [0.25, 0.3) is 10.6 Å². The van der Waals surface area contributed by atoms with Crippen LogP contribution in [-0.4, -0.2) is 37.3 Å². The fourth-order valence-electron chi connectivity index (χ4n) is 2.91. The number of fused-ring (bicyclic) bond motifs is 1. The zero-order chi connectivity index (χ0) is 19.5. The number of aromatic nitrogens is 1. The Balaban J connectivity index is 1.40. The molecule has 6 nitrogen and oxygen atoms in total. The van der Waals surface area contributed by atoms with Crippen molar-refractivity contribution in [1.29, 1.82) is 0 Å². The molecule has 2 heterocycles. The smallest absolute Gasteiger partial charge is 0.263 e. The molecule has 7 heteroatoms. The molecule has 0 aliphatic carbocycles. The lowest BCUT2D eigenvalue weighted by molar-refractivity contribution is 0.0791. The summed E-state index contributed by atoms with van der Waals surface area (Å²) < 4.78 is 16.7. The minimum atomic E-state index is -0.229. The lowest BCUT2D eigenvalue weighted by atomic mass is 10.2. The van der Waals surface area contributed by atoms with E-state index in [1.807, 2.05) is 55.5 Å². The van der Waals surface area contributed by atoms with Crippen LogP contribution >= 0.6 is 11.3 Å². The molecule has 144 valence electrons. The molecule has 0 radical (unpaired) electrons. The first-order valence-corrected chi connectivity index (χ1v) is 9.74. The Labute approximate surface area is 167 Å². The lowest BCUT2D eigenvalue weighted by Gasteiger charge is -2.26. The van der Waals surface area contributed by atoms with Gasteiger partial charge < -0.3 is 19.5 Å². The standard InChI is InChI=1S/C21H20N2O4S/c1-13-19(28-21(23-13)14-7-9-15(25-2)10-8-14)20(24)22-11-16-12-26-17-5-3-4-6-18(17)27-16/h3-10,16H,11-12H2,1-2H3,(H,22,24)/t16-/m1/s1. The molecule has 0 spiro atoms. The number of carbonyl (C=O) groups is 1. The summed E-state index contributed by atoms with van der Waals surface area (Å²) in [6.07, 6.45) is -0.229. The van der Waals surface area contributed by atoms with Gasteiger partial charge in [-0.2, -0.15) is 0 Å². The quantitative estimate of drug-likeness (QED) is 0.712. The highest BCUT2D eigenvalue weighted by atomic mass is 32.1. The Morgan fingerprint density at radius 2 is 1.96 bits per heavy atom. The maximum Gasteiger partial charge on any atom is 0.263 e. The number of thiazole rings is 1. The third-order valence-electron chi connectivity index (χ3n) is 4.40. The predicted molar refractivity (Wildman–Crippen MR) is 108 cm³/mol. The van der Waals surface area contributed by atoms with Crippen molar-refractivity contribution in [2.75, 3.05) is 20.3 Å². The van der Waals surface area contributed by atoms with Gasteiger partial charge >= 0.3 is 0 Å². The lowest BCUT2D eigenvalue weighted by Crippen LogP contribution is -2.40. The van der Waals surface area contributed by atoms with Crippen molar-refractivity contribution in [3.8, 4) is 27.8 Å². The van der Waals surface area contributed by atoms with Crippen LogP contribution in [0.3, 0.4) is 0 Å². The van der Waals surface area contributed by atoms with E-state index >= 15 is 0 Å². The number of amides is 1. The molecule has 0 bridgehead atoms. The van der Waals surface area contributed by atoms with Crippen molar-refractivity contribution in [1.82, 2.24) is 10.3 Å². The van der Waals surface area contributed by atoms with Gasteiger partial charge in [0.05, 0.1) is 19.3 Å². The molecule has 1 aromatic heterocycles. The van der Waals surface area contributed by atoms with Crippen molar-refractivity contribution in [3.63, 3.8) is 0 Å². The second kappa shape index (κ2) is 7.90. The molecule has 1 amide bonds. The van der Waals surface area contributed by atoms with Gasteiger partial charge in [0, 0.05) is 5.56 Å². The number of hydrogen-bond acceptors (Lipinski definition) is 6. The van der Waals surface area contributed by atoms with Crippen LogP contribution in [0.2, 0.25) is 0 Å². The Hall–Kier alpha value is -3.06. The van der Waals surface area contributed by atoms with Gasteiger partial charge in [0.25, 0.3) is 5.91 Å². The first-order chi connectivity index (χ1) is 13.6. The minimum Gasteiger partial charge on any atom is -0.497 e. The van der Waals surface area contributed by atoms with Gasteiger partial charge in [-0.05, 0) is 43.3 Å². The van der Waals surface area contributed by atoms with Crippen LogP contribution in [0.15, 0.2) is 48.5 Å². The molecule has 2 aromatic carbocycles. The molecular weight excluding hydrogens is 376 g/mol. The number of ether oxygens (including phenoxy) is 3. The number of para-hydroxylation sites is 2. The zero-order valence-electron chi connectivity index (χ0n) is 15.6. The van der Waals surface area contributed by atoms with Crippen molar-refractivity contribution in [3.05, 3.63) is 59.1 Å². The molecule has 3 aromatic rings. The first kappa shape index (κ1) is 18.3. The summed E-state index contributed by atoms with van der Waals surface area (Å²) in [6.45, 7) is 2.60. The largest absolute Gasteiger partial charge is 0.497 e. The van der Waals surface area contributed by atoms with Gasteiger partial charge in [-0.15, -0.1) is 11.3 Å². The van der Waals surface area contributed by atoms with Crippen molar-refractivity contribution < 1.29 is 19.0 Å². The molecule has 1 aliphatic rings. The average Bonchev–Trinajstić information content (AvgIpc) is 3.13. The Kier molecular flexibility index (Phi) is 5.16. The number of nitrogens with zero attached hydrogens (tertiary/aromatic N) is 1. The maximum atomic E-state index is 12.6.